The van der Waals surface area contributed by atoms with Gasteiger partial charge < -0.3 is 15.0 Å². The van der Waals surface area contributed by atoms with Crippen LogP contribution in [-0.4, -0.2) is 57.1 Å². The summed E-state index contributed by atoms with van der Waals surface area (Å²) in [7, 11) is -2.32. The summed E-state index contributed by atoms with van der Waals surface area (Å²) in [5.41, 5.74) is 0.928. The molecule has 0 saturated heterocycles. The van der Waals surface area contributed by atoms with Gasteiger partial charge >= 0.3 is 0 Å². The van der Waals surface area contributed by atoms with Gasteiger partial charge in [-0.3, -0.25) is 13.9 Å². The number of hydrogen-bond donors (Lipinski definition) is 1. The highest BCUT2D eigenvalue weighted by Gasteiger charge is 2.31. The number of hydrogen-bond acceptors (Lipinski definition) is 5. The molecule has 0 spiro atoms. The highest BCUT2D eigenvalue weighted by Crippen LogP contribution is 2.27. The normalized spacial score (nSPS) is 14.8. The van der Waals surface area contributed by atoms with E-state index in [1.165, 1.54) is 23.1 Å². The molecule has 0 bridgehead atoms. The van der Waals surface area contributed by atoms with Crippen LogP contribution in [0.2, 0.25) is 10.0 Å². The van der Waals surface area contributed by atoms with Gasteiger partial charge in [-0.1, -0.05) is 48.2 Å². The first-order chi connectivity index (χ1) is 17.0. The van der Waals surface area contributed by atoms with Crippen molar-refractivity contribution in [3.8, 4) is 5.75 Å². The quantitative estimate of drug-likeness (QED) is 0.472. The number of methoxy groups -OCH3 is 1. The van der Waals surface area contributed by atoms with Gasteiger partial charge in [-0.25, -0.2) is 8.42 Å². The van der Waals surface area contributed by atoms with Gasteiger partial charge in [0.15, 0.2) is 0 Å². The van der Waals surface area contributed by atoms with Gasteiger partial charge in [0.1, 0.15) is 18.3 Å². The number of sulfonamides is 1. The average Bonchev–Trinajstić information content (AvgIpc) is 3.32. The summed E-state index contributed by atoms with van der Waals surface area (Å²) >= 11 is 12.2. The molecule has 1 atom stereocenters. The van der Waals surface area contributed by atoms with E-state index in [1.54, 1.807) is 38.3 Å². The van der Waals surface area contributed by atoms with Crippen molar-refractivity contribution in [2.24, 2.45) is 0 Å². The molecule has 0 unspecified atom stereocenters. The van der Waals surface area contributed by atoms with Crippen molar-refractivity contribution in [2.75, 3.05) is 24.2 Å². The molecule has 1 saturated carbocycles. The van der Waals surface area contributed by atoms with Crippen molar-refractivity contribution >= 4 is 50.7 Å². The lowest BCUT2D eigenvalue weighted by Crippen LogP contribution is -2.52. The largest absolute Gasteiger partial charge is 0.497 e. The van der Waals surface area contributed by atoms with Crippen LogP contribution in [0.15, 0.2) is 42.5 Å². The van der Waals surface area contributed by atoms with Crippen LogP contribution < -0.4 is 14.4 Å². The summed E-state index contributed by atoms with van der Waals surface area (Å²) in [6.45, 7) is 1.23. The monoisotopic (exact) mass is 555 g/mol. The zero-order chi connectivity index (χ0) is 26.5. The lowest BCUT2D eigenvalue weighted by Gasteiger charge is -2.32. The van der Waals surface area contributed by atoms with E-state index in [4.69, 9.17) is 27.9 Å². The number of nitrogens with zero attached hydrogens (tertiary/aromatic N) is 2. The average molecular weight is 557 g/mol. The Morgan fingerprint density at radius 2 is 1.67 bits per heavy atom. The van der Waals surface area contributed by atoms with Crippen molar-refractivity contribution in [3.05, 3.63) is 58.1 Å². The predicted molar refractivity (Wildman–Crippen MR) is 142 cm³/mol. The molecule has 196 valence electrons. The van der Waals surface area contributed by atoms with Crippen LogP contribution in [0.3, 0.4) is 0 Å². The molecule has 0 radical (unpaired) electrons. The van der Waals surface area contributed by atoms with Crippen molar-refractivity contribution in [1.29, 1.82) is 0 Å². The maximum atomic E-state index is 13.6. The first-order valence-corrected chi connectivity index (χ1v) is 14.2. The zero-order valence-electron chi connectivity index (χ0n) is 20.5. The molecule has 36 heavy (non-hydrogen) atoms. The molecule has 0 aromatic heterocycles. The van der Waals surface area contributed by atoms with E-state index in [1.807, 2.05) is 0 Å². The van der Waals surface area contributed by atoms with Crippen LogP contribution in [0, 0.1) is 0 Å². The third-order valence-electron chi connectivity index (χ3n) is 6.20. The third-order valence-corrected chi connectivity index (χ3v) is 7.77. The van der Waals surface area contributed by atoms with Gasteiger partial charge in [0.2, 0.25) is 21.8 Å². The Morgan fingerprint density at radius 1 is 1.08 bits per heavy atom. The van der Waals surface area contributed by atoms with Crippen LogP contribution >= 0.6 is 23.2 Å². The summed E-state index contributed by atoms with van der Waals surface area (Å²) < 4.78 is 31.4. The fourth-order valence-electron chi connectivity index (χ4n) is 4.20. The number of ether oxygens (including phenoxy) is 1. The van der Waals surface area contributed by atoms with Crippen molar-refractivity contribution in [3.63, 3.8) is 0 Å². The van der Waals surface area contributed by atoms with Gasteiger partial charge in [-0.05, 0) is 55.7 Å². The van der Waals surface area contributed by atoms with Gasteiger partial charge in [-0.2, -0.15) is 0 Å². The number of halogens is 2. The molecule has 0 heterocycles. The molecular weight excluding hydrogens is 525 g/mol. The minimum absolute atomic E-state index is 0.0824. The minimum atomic E-state index is -3.88. The Balaban J connectivity index is 1.89. The predicted octanol–water partition coefficient (Wildman–Crippen LogP) is 4.24. The maximum Gasteiger partial charge on any atom is 0.244 e. The Labute approximate surface area is 222 Å². The molecule has 1 N–H and O–H groups in total. The summed E-state index contributed by atoms with van der Waals surface area (Å²) in [6.07, 6.45) is 4.92. The number of rotatable bonds is 10. The van der Waals surface area contributed by atoms with E-state index in [9.17, 15) is 18.0 Å². The highest BCUT2D eigenvalue weighted by atomic mass is 35.5. The first kappa shape index (κ1) is 28.1. The highest BCUT2D eigenvalue weighted by molar-refractivity contribution is 7.92. The molecule has 0 aliphatic heterocycles. The van der Waals surface area contributed by atoms with E-state index >= 15 is 0 Å². The molecule has 3 rings (SSSR count). The Hall–Kier alpha value is -2.49. The number of carbonyl (C=O) groups is 2. The molecule has 2 aromatic rings. The fourth-order valence-corrected chi connectivity index (χ4v) is 5.55. The molecule has 2 amide bonds. The molecule has 1 aliphatic rings. The van der Waals surface area contributed by atoms with Crippen molar-refractivity contribution in [1.82, 2.24) is 10.2 Å². The first-order valence-electron chi connectivity index (χ1n) is 11.6. The number of nitrogens with one attached hydrogen (secondary N) is 1. The number of benzene rings is 2. The van der Waals surface area contributed by atoms with Crippen LogP contribution in [0.25, 0.3) is 0 Å². The van der Waals surface area contributed by atoms with Crippen LogP contribution in [0.5, 0.6) is 5.75 Å². The summed E-state index contributed by atoms with van der Waals surface area (Å²) in [5, 5.41) is 3.50. The van der Waals surface area contributed by atoms with Crippen molar-refractivity contribution < 1.29 is 22.7 Å². The number of carbonyl (C=O) groups excluding carboxylic acids is 2. The Kier molecular flexibility index (Phi) is 9.49. The second kappa shape index (κ2) is 12.2. The number of amides is 2. The van der Waals surface area contributed by atoms with Crippen LogP contribution in [0.4, 0.5) is 5.69 Å². The van der Waals surface area contributed by atoms with Crippen molar-refractivity contribution in [2.45, 2.75) is 51.2 Å². The lowest BCUT2D eigenvalue weighted by molar-refractivity contribution is -0.139. The van der Waals surface area contributed by atoms with Gasteiger partial charge in [0.25, 0.3) is 0 Å². The molecule has 1 fully saturated rings. The SMILES string of the molecule is COc1ccc(CN(C(=O)CN(c2cc(Cl)cc(Cl)c2)S(C)(=O)=O)[C@H](C)C(=O)NC2CCCC2)cc1. The van der Waals surface area contributed by atoms with Crippen LogP contribution in [0.1, 0.15) is 38.2 Å². The van der Waals surface area contributed by atoms with Gasteiger partial charge in [-0.15, -0.1) is 0 Å². The van der Waals surface area contributed by atoms with E-state index in [2.05, 4.69) is 5.32 Å². The van der Waals surface area contributed by atoms with E-state index in [0.29, 0.717) is 5.75 Å². The number of anilines is 1. The van der Waals surface area contributed by atoms with E-state index < -0.39 is 28.5 Å². The zero-order valence-corrected chi connectivity index (χ0v) is 22.9. The topological polar surface area (TPSA) is 96.0 Å². The maximum absolute atomic E-state index is 13.6. The Morgan fingerprint density at radius 3 is 2.19 bits per heavy atom. The molecule has 1 aliphatic carbocycles. The lowest BCUT2D eigenvalue weighted by atomic mass is 10.1. The molecule has 11 heteroatoms. The smallest absolute Gasteiger partial charge is 0.244 e. The third kappa shape index (κ3) is 7.51. The van der Waals surface area contributed by atoms with Crippen LogP contribution in [-0.2, 0) is 26.2 Å². The minimum Gasteiger partial charge on any atom is -0.497 e. The standard InChI is InChI=1S/C25H31Cl2N3O5S/c1-17(25(32)28-21-6-4-5-7-21)29(15-18-8-10-23(35-2)11-9-18)24(31)16-30(36(3,33)34)22-13-19(26)12-20(27)14-22/h8-14,17,21H,4-7,15-16H2,1-3H3,(H,28,32)/t17-/m1/s1. The van der Waals surface area contributed by atoms with Gasteiger partial charge in [0.05, 0.1) is 19.1 Å². The molecule has 8 nitrogen and oxygen atoms in total. The molecule has 2 aromatic carbocycles. The fraction of sp³-hybridized carbons (Fsp3) is 0.440. The van der Waals surface area contributed by atoms with Gasteiger partial charge in [0, 0.05) is 22.6 Å². The summed E-state index contributed by atoms with van der Waals surface area (Å²) in [4.78, 5) is 28.1. The summed E-state index contributed by atoms with van der Waals surface area (Å²) in [5.74, 6) is -0.161. The molecular formula is C25H31Cl2N3O5S. The second-order valence-electron chi connectivity index (χ2n) is 8.93. The van der Waals surface area contributed by atoms with E-state index in [0.717, 1.165) is 41.8 Å². The Bertz CT molecular complexity index is 1160. The summed E-state index contributed by atoms with van der Waals surface area (Å²) in [6, 6.07) is 10.7. The second-order valence-corrected chi connectivity index (χ2v) is 11.7. The van der Waals surface area contributed by atoms with E-state index in [-0.39, 0.29) is 34.2 Å².